The fourth-order valence-corrected chi connectivity index (χ4v) is 3.09. The predicted octanol–water partition coefficient (Wildman–Crippen LogP) is 1.74. The van der Waals surface area contributed by atoms with Gasteiger partial charge in [-0.1, -0.05) is 12.8 Å². The molecule has 1 aromatic heterocycles. The summed E-state index contributed by atoms with van der Waals surface area (Å²) in [5.41, 5.74) is 0. The molecule has 2 unspecified atom stereocenters. The fourth-order valence-electron chi connectivity index (χ4n) is 3.09. The highest BCUT2D eigenvalue weighted by Gasteiger charge is 2.54. The molecular formula is C12H19N3O. The lowest BCUT2D eigenvalue weighted by molar-refractivity contribution is 0.439. The highest BCUT2D eigenvalue weighted by atomic mass is 16.4. The van der Waals surface area contributed by atoms with Gasteiger partial charge in [-0.25, -0.2) is 0 Å². The Morgan fingerprint density at radius 3 is 2.69 bits per heavy atom. The minimum Gasteiger partial charge on any atom is -0.425 e. The van der Waals surface area contributed by atoms with Crippen LogP contribution in [0, 0.1) is 11.8 Å². The van der Waals surface area contributed by atoms with Crippen molar-refractivity contribution in [2.24, 2.45) is 11.8 Å². The Morgan fingerprint density at radius 1 is 1.25 bits per heavy atom. The molecule has 4 nitrogen and oxygen atoms in total. The third-order valence-corrected chi connectivity index (χ3v) is 4.01. The second kappa shape index (κ2) is 4.17. The van der Waals surface area contributed by atoms with Gasteiger partial charge in [0.05, 0.1) is 0 Å². The highest BCUT2D eigenvalue weighted by Crippen LogP contribution is 2.60. The molecular weight excluding hydrogens is 202 g/mol. The maximum absolute atomic E-state index is 5.74. The molecule has 0 bridgehead atoms. The van der Waals surface area contributed by atoms with Gasteiger partial charge >= 0.3 is 0 Å². The van der Waals surface area contributed by atoms with Crippen LogP contribution in [0.15, 0.2) is 4.42 Å². The molecule has 16 heavy (non-hydrogen) atoms. The zero-order valence-corrected chi connectivity index (χ0v) is 9.78. The molecule has 0 amide bonds. The first-order valence-electron chi connectivity index (χ1n) is 6.37. The summed E-state index contributed by atoms with van der Waals surface area (Å²) >= 11 is 0. The molecule has 2 aliphatic rings. The first-order valence-corrected chi connectivity index (χ1v) is 6.37. The summed E-state index contributed by atoms with van der Waals surface area (Å²) in [7, 11) is 1.94. The lowest BCUT2D eigenvalue weighted by Crippen LogP contribution is -2.10. The number of hydrogen-bond donors (Lipinski definition) is 1. The molecule has 0 saturated heterocycles. The standard InChI is InChI=1S/C12H19N3O/c1-13-7-6-10-14-15-12(16-10)11-8-4-2-3-5-9(8)11/h8-9,11,13H,2-7H2,1H3. The van der Waals surface area contributed by atoms with Crippen molar-refractivity contribution < 1.29 is 4.42 Å². The number of nitrogens with zero attached hydrogens (tertiary/aromatic N) is 2. The lowest BCUT2D eigenvalue weighted by atomic mass is 10.0. The maximum Gasteiger partial charge on any atom is 0.220 e. The van der Waals surface area contributed by atoms with Crippen LogP contribution in [0.1, 0.15) is 43.4 Å². The molecule has 1 N–H and O–H groups in total. The smallest absolute Gasteiger partial charge is 0.220 e. The van der Waals surface area contributed by atoms with Gasteiger partial charge < -0.3 is 9.73 Å². The Hall–Kier alpha value is -0.900. The van der Waals surface area contributed by atoms with E-state index in [2.05, 4.69) is 15.5 Å². The number of nitrogens with one attached hydrogen (secondary N) is 1. The number of likely N-dealkylation sites (N-methyl/N-ethyl adjacent to an activating group) is 1. The summed E-state index contributed by atoms with van der Waals surface area (Å²) < 4.78 is 5.74. The molecule has 2 atom stereocenters. The summed E-state index contributed by atoms with van der Waals surface area (Å²) in [6.45, 7) is 0.902. The van der Waals surface area contributed by atoms with Gasteiger partial charge in [-0.2, -0.15) is 0 Å². The van der Waals surface area contributed by atoms with Crippen LogP contribution in [0.2, 0.25) is 0 Å². The topological polar surface area (TPSA) is 51.0 Å². The van der Waals surface area contributed by atoms with E-state index in [1.165, 1.54) is 25.7 Å². The molecule has 0 spiro atoms. The second-order valence-corrected chi connectivity index (χ2v) is 5.03. The summed E-state index contributed by atoms with van der Waals surface area (Å²) in [5.74, 6) is 3.99. The van der Waals surface area contributed by atoms with Gasteiger partial charge in [0.2, 0.25) is 11.8 Å². The molecule has 0 radical (unpaired) electrons. The van der Waals surface area contributed by atoms with Crippen LogP contribution in [-0.4, -0.2) is 23.8 Å². The van der Waals surface area contributed by atoms with E-state index in [-0.39, 0.29) is 0 Å². The third-order valence-electron chi connectivity index (χ3n) is 4.01. The molecule has 0 aromatic carbocycles. The SMILES string of the molecule is CNCCc1nnc(C2C3CCCCC32)o1. The predicted molar refractivity (Wildman–Crippen MR) is 60.1 cm³/mol. The Balaban J connectivity index is 1.64. The number of hydrogen-bond acceptors (Lipinski definition) is 4. The van der Waals surface area contributed by atoms with Crippen LogP contribution >= 0.6 is 0 Å². The Morgan fingerprint density at radius 2 is 2.00 bits per heavy atom. The van der Waals surface area contributed by atoms with Gasteiger partial charge in [0, 0.05) is 18.9 Å². The van der Waals surface area contributed by atoms with Crippen molar-refractivity contribution in [1.29, 1.82) is 0 Å². The molecule has 1 heterocycles. The highest BCUT2D eigenvalue weighted by molar-refractivity contribution is 5.14. The van der Waals surface area contributed by atoms with Gasteiger partial charge in [0.1, 0.15) is 0 Å². The molecule has 88 valence electrons. The summed E-state index contributed by atoms with van der Waals surface area (Å²) in [6, 6.07) is 0. The van der Waals surface area contributed by atoms with Crippen LogP contribution in [0.4, 0.5) is 0 Å². The average Bonchev–Trinajstić information content (AvgIpc) is 2.87. The van der Waals surface area contributed by atoms with Crippen LogP contribution < -0.4 is 5.32 Å². The summed E-state index contributed by atoms with van der Waals surface area (Å²) in [4.78, 5) is 0. The minimum absolute atomic E-state index is 0.596. The first-order chi connectivity index (χ1) is 7.90. The van der Waals surface area contributed by atoms with Crippen molar-refractivity contribution in [1.82, 2.24) is 15.5 Å². The van der Waals surface area contributed by atoms with E-state index >= 15 is 0 Å². The first kappa shape index (κ1) is 10.3. The lowest BCUT2D eigenvalue weighted by Gasteiger charge is -2.04. The van der Waals surface area contributed by atoms with E-state index in [1.807, 2.05) is 7.05 Å². The normalized spacial score (nSPS) is 32.4. The molecule has 3 rings (SSSR count). The number of aromatic nitrogens is 2. The van der Waals surface area contributed by atoms with Gasteiger partial charge in [-0.3, -0.25) is 0 Å². The van der Waals surface area contributed by atoms with E-state index in [0.29, 0.717) is 5.92 Å². The summed E-state index contributed by atoms with van der Waals surface area (Å²) in [5, 5.41) is 11.4. The molecule has 2 aliphatic carbocycles. The van der Waals surface area contributed by atoms with Crippen molar-refractivity contribution in [3.63, 3.8) is 0 Å². The van der Waals surface area contributed by atoms with Crippen molar-refractivity contribution in [2.75, 3.05) is 13.6 Å². The van der Waals surface area contributed by atoms with Crippen molar-refractivity contribution in [2.45, 2.75) is 38.0 Å². The minimum atomic E-state index is 0.596. The molecule has 2 saturated carbocycles. The molecule has 2 fully saturated rings. The average molecular weight is 221 g/mol. The van der Waals surface area contributed by atoms with Gasteiger partial charge in [0.25, 0.3) is 0 Å². The molecule has 4 heteroatoms. The van der Waals surface area contributed by atoms with Crippen molar-refractivity contribution in [3.8, 4) is 0 Å². The van der Waals surface area contributed by atoms with E-state index in [1.54, 1.807) is 0 Å². The molecule has 0 aliphatic heterocycles. The van der Waals surface area contributed by atoms with Crippen LogP contribution in [-0.2, 0) is 6.42 Å². The summed E-state index contributed by atoms with van der Waals surface area (Å²) in [6.07, 6.45) is 6.34. The monoisotopic (exact) mass is 221 g/mol. The van der Waals surface area contributed by atoms with Gasteiger partial charge in [0.15, 0.2) is 0 Å². The van der Waals surface area contributed by atoms with Crippen molar-refractivity contribution in [3.05, 3.63) is 11.8 Å². The van der Waals surface area contributed by atoms with Gasteiger partial charge in [-0.15, -0.1) is 10.2 Å². The number of fused-ring (bicyclic) bond motifs is 1. The zero-order valence-electron chi connectivity index (χ0n) is 9.78. The maximum atomic E-state index is 5.74. The fraction of sp³-hybridized carbons (Fsp3) is 0.833. The van der Waals surface area contributed by atoms with E-state index in [9.17, 15) is 0 Å². The van der Waals surface area contributed by atoms with E-state index in [4.69, 9.17) is 4.42 Å². The Kier molecular flexibility index (Phi) is 2.67. The van der Waals surface area contributed by atoms with Crippen LogP contribution in [0.25, 0.3) is 0 Å². The third kappa shape index (κ3) is 1.75. The molecule has 1 aromatic rings. The van der Waals surface area contributed by atoms with Crippen LogP contribution in [0.5, 0.6) is 0 Å². The zero-order chi connectivity index (χ0) is 11.0. The largest absolute Gasteiger partial charge is 0.425 e. The van der Waals surface area contributed by atoms with Crippen LogP contribution in [0.3, 0.4) is 0 Å². The quantitative estimate of drug-likeness (QED) is 0.841. The van der Waals surface area contributed by atoms with E-state index in [0.717, 1.165) is 36.6 Å². The van der Waals surface area contributed by atoms with Crippen molar-refractivity contribution >= 4 is 0 Å². The number of rotatable bonds is 4. The van der Waals surface area contributed by atoms with E-state index < -0.39 is 0 Å². The Labute approximate surface area is 95.8 Å². The Bertz CT molecular complexity index is 351. The van der Waals surface area contributed by atoms with Gasteiger partial charge in [-0.05, 0) is 31.7 Å². The second-order valence-electron chi connectivity index (χ2n) is 5.03.